The third-order valence-electron chi connectivity index (χ3n) is 5.30. The molecule has 5 nitrogen and oxygen atoms in total. The summed E-state index contributed by atoms with van der Waals surface area (Å²) in [6.07, 6.45) is 2.33. The van der Waals surface area contributed by atoms with Gasteiger partial charge in [-0.1, -0.05) is 35.9 Å². The second-order valence-electron chi connectivity index (χ2n) is 7.15. The third kappa shape index (κ3) is 4.35. The number of ether oxygens (including phenoxy) is 2. The van der Waals surface area contributed by atoms with Crippen molar-refractivity contribution in [2.45, 2.75) is 38.6 Å². The highest BCUT2D eigenvalue weighted by atomic mass is 16.5. The molecule has 5 heteroatoms. The molecule has 3 rings (SSSR count). The summed E-state index contributed by atoms with van der Waals surface area (Å²) in [5, 5.41) is 0. The maximum absolute atomic E-state index is 12.8. The zero-order valence-corrected chi connectivity index (χ0v) is 16.7. The van der Waals surface area contributed by atoms with Crippen molar-refractivity contribution in [2.24, 2.45) is 0 Å². The molecule has 0 aliphatic carbocycles. The number of amides is 1. The average molecular weight is 381 g/mol. The summed E-state index contributed by atoms with van der Waals surface area (Å²) in [5.74, 6) is 1.37. The number of likely N-dealkylation sites (tertiary alicyclic amines) is 1. The summed E-state index contributed by atoms with van der Waals surface area (Å²) >= 11 is 0. The molecule has 2 aromatic rings. The van der Waals surface area contributed by atoms with E-state index < -0.39 is 0 Å². The molecule has 1 atom stereocenters. The minimum atomic E-state index is 0.00946. The number of hydrogen-bond acceptors (Lipinski definition) is 4. The van der Waals surface area contributed by atoms with Gasteiger partial charge in [0.05, 0.1) is 20.3 Å². The molecule has 0 aromatic heterocycles. The first-order valence-electron chi connectivity index (χ1n) is 9.64. The zero-order chi connectivity index (χ0) is 20.1. The minimum Gasteiger partial charge on any atom is -0.493 e. The number of Topliss-reactive ketones (excluding diaryl/α,β-unsaturated/α-hetero) is 1. The number of rotatable bonds is 7. The number of aryl methyl sites for hydroxylation is 1. The molecule has 1 unspecified atom stereocenters. The van der Waals surface area contributed by atoms with Crippen LogP contribution in [0.4, 0.5) is 0 Å². The normalized spacial score (nSPS) is 16.1. The molecule has 0 bridgehead atoms. The van der Waals surface area contributed by atoms with Crippen molar-refractivity contribution in [3.63, 3.8) is 0 Å². The van der Waals surface area contributed by atoms with Gasteiger partial charge in [-0.25, -0.2) is 0 Å². The first-order valence-corrected chi connectivity index (χ1v) is 9.64. The molecular weight excluding hydrogens is 354 g/mol. The number of nitrogens with zero attached hydrogens (tertiary/aromatic N) is 1. The van der Waals surface area contributed by atoms with E-state index in [-0.39, 0.29) is 30.6 Å². The Bertz CT molecular complexity index is 844. The Morgan fingerprint density at radius 3 is 2.39 bits per heavy atom. The lowest BCUT2D eigenvalue weighted by Gasteiger charge is -2.25. The summed E-state index contributed by atoms with van der Waals surface area (Å²) in [7, 11) is 3.21. The SMILES string of the molecule is COc1ccc(C2CCCN2C(=O)CCC(=O)c2ccc(C)cc2)cc1OC. The quantitative estimate of drug-likeness (QED) is 0.670. The lowest BCUT2D eigenvalue weighted by atomic mass is 10.0. The van der Waals surface area contributed by atoms with Gasteiger partial charge >= 0.3 is 0 Å². The molecule has 1 heterocycles. The second kappa shape index (κ2) is 8.91. The van der Waals surface area contributed by atoms with Crippen LogP contribution < -0.4 is 9.47 Å². The first kappa shape index (κ1) is 19.9. The monoisotopic (exact) mass is 381 g/mol. The van der Waals surface area contributed by atoms with Crippen molar-refractivity contribution in [3.05, 3.63) is 59.2 Å². The molecule has 0 saturated carbocycles. The van der Waals surface area contributed by atoms with Gasteiger partial charge in [-0.3, -0.25) is 9.59 Å². The minimum absolute atomic E-state index is 0.00946. The third-order valence-corrected chi connectivity index (χ3v) is 5.30. The van der Waals surface area contributed by atoms with E-state index >= 15 is 0 Å². The van der Waals surface area contributed by atoms with Crippen LogP contribution in [0.5, 0.6) is 11.5 Å². The summed E-state index contributed by atoms with van der Waals surface area (Å²) < 4.78 is 10.7. The maximum Gasteiger partial charge on any atom is 0.223 e. The Kier molecular flexibility index (Phi) is 6.34. The molecule has 0 radical (unpaired) electrons. The molecule has 1 amide bonds. The number of carbonyl (C=O) groups is 2. The predicted molar refractivity (Wildman–Crippen MR) is 108 cm³/mol. The van der Waals surface area contributed by atoms with Crippen LogP contribution in [-0.2, 0) is 4.79 Å². The Morgan fingerprint density at radius 1 is 1.00 bits per heavy atom. The topological polar surface area (TPSA) is 55.8 Å². The van der Waals surface area contributed by atoms with Crippen LogP contribution in [0.3, 0.4) is 0 Å². The van der Waals surface area contributed by atoms with Gasteiger partial charge in [0.15, 0.2) is 17.3 Å². The smallest absolute Gasteiger partial charge is 0.223 e. The van der Waals surface area contributed by atoms with Crippen molar-refractivity contribution in [3.8, 4) is 11.5 Å². The average Bonchev–Trinajstić information content (AvgIpc) is 3.21. The fourth-order valence-corrected chi connectivity index (χ4v) is 3.72. The van der Waals surface area contributed by atoms with Crippen molar-refractivity contribution in [1.29, 1.82) is 0 Å². The van der Waals surface area contributed by atoms with Crippen molar-refractivity contribution >= 4 is 11.7 Å². The molecule has 1 saturated heterocycles. The standard InChI is InChI=1S/C23H27NO4/c1-16-6-8-17(9-7-16)20(25)11-13-23(26)24-14-4-5-19(24)18-10-12-21(27-2)22(15-18)28-3/h6-10,12,15,19H,4-5,11,13-14H2,1-3H3. The van der Waals surface area contributed by atoms with Crippen molar-refractivity contribution in [1.82, 2.24) is 4.90 Å². The number of methoxy groups -OCH3 is 2. The summed E-state index contributed by atoms with van der Waals surface area (Å²) in [6, 6.07) is 13.3. The lowest BCUT2D eigenvalue weighted by molar-refractivity contribution is -0.132. The van der Waals surface area contributed by atoms with Gasteiger partial charge in [0.2, 0.25) is 5.91 Å². The van der Waals surface area contributed by atoms with Crippen LogP contribution in [0, 0.1) is 6.92 Å². The molecule has 148 valence electrons. The summed E-state index contributed by atoms with van der Waals surface area (Å²) in [6.45, 7) is 2.70. The van der Waals surface area contributed by atoms with Gasteiger partial charge in [0.1, 0.15) is 0 Å². The molecule has 0 spiro atoms. The van der Waals surface area contributed by atoms with E-state index in [1.54, 1.807) is 14.2 Å². The van der Waals surface area contributed by atoms with E-state index in [2.05, 4.69) is 0 Å². The number of benzene rings is 2. The van der Waals surface area contributed by atoms with Gasteiger partial charge in [-0.15, -0.1) is 0 Å². The molecule has 1 aliphatic rings. The fraction of sp³-hybridized carbons (Fsp3) is 0.391. The van der Waals surface area contributed by atoms with Crippen LogP contribution in [0.2, 0.25) is 0 Å². The van der Waals surface area contributed by atoms with E-state index in [4.69, 9.17) is 9.47 Å². The highest BCUT2D eigenvalue weighted by Gasteiger charge is 2.30. The predicted octanol–water partition coefficient (Wildman–Crippen LogP) is 4.34. The van der Waals surface area contributed by atoms with Gasteiger partial charge in [-0.2, -0.15) is 0 Å². The lowest BCUT2D eigenvalue weighted by Crippen LogP contribution is -2.30. The van der Waals surface area contributed by atoms with Gasteiger partial charge < -0.3 is 14.4 Å². The Morgan fingerprint density at radius 2 is 1.71 bits per heavy atom. The molecular formula is C23H27NO4. The highest BCUT2D eigenvalue weighted by molar-refractivity contribution is 5.98. The number of carbonyl (C=O) groups excluding carboxylic acids is 2. The van der Waals surface area contributed by atoms with E-state index in [9.17, 15) is 9.59 Å². The van der Waals surface area contributed by atoms with E-state index in [1.807, 2.05) is 54.3 Å². The van der Waals surface area contributed by atoms with Crippen molar-refractivity contribution in [2.75, 3.05) is 20.8 Å². The Hall–Kier alpha value is -2.82. The Labute approximate surface area is 166 Å². The summed E-state index contributed by atoms with van der Waals surface area (Å²) in [5.41, 5.74) is 2.81. The summed E-state index contributed by atoms with van der Waals surface area (Å²) in [4.78, 5) is 27.1. The first-order chi connectivity index (χ1) is 13.5. The van der Waals surface area contributed by atoms with Crippen LogP contribution in [0.15, 0.2) is 42.5 Å². The number of ketones is 1. The van der Waals surface area contributed by atoms with Gasteiger partial charge in [0, 0.05) is 24.9 Å². The van der Waals surface area contributed by atoms with Crippen LogP contribution >= 0.6 is 0 Å². The maximum atomic E-state index is 12.8. The number of hydrogen-bond donors (Lipinski definition) is 0. The molecule has 0 N–H and O–H groups in total. The van der Waals surface area contributed by atoms with Gasteiger partial charge in [0.25, 0.3) is 0 Å². The Balaban J connectivity index is 1.66. The van der Waals surface area contributed by atoms with Gasteiger partial charge in [-0.05, 0) is 37.5 Å². The van der Waals surface area contributed by atoms with Crippen molar-refractivity contribution < 1.29 is 19.1 Å². The fourth-order valence-electron chi connectivity index (χ4n) is 3.72. The van der Waals surface area contributed by atoms with Crippen LogP contribution in [0.25, 0.3) is 0 Å². The molecule has 1 aliphatic heterocycles. The van der Waals surface area contributed by atoms with E-state index in [0.29, 0.717) is 17.1 Å². The van der Waals surface area contributed by atoms with Crippen LogP contribution in [0.1, 0.15) is 53.2 Å². The molecule has 28 heavy (non-hydrogen) atoms. The largest absolute Gasteiger partial charge is 0.493 e. The zero-order valence-electron chi connectivity index (χ0n) is 16.7. The van der Waals surface area contributed by atoms with E-state index in [1.165, 1.54) is 0 Å². The second-order valence-corrected chi connectivity index (χ2v) is 7.15. The molecule has 2 aromatic carbocycles. The highest BCUT2D eigenvalue weighted by Crippen LogP contribution is 2.37. The van der Waals surface area contributed by atoms with Crippen LogP contribution in [-0.4, -0.2) is 37.4 Å². The molecule has 1 fully saturated rings. The van der Waals surface area contributed by atoms with E-state index in [0.717, 1.165) is 30.5 Å².